The number of hydrogen-bond donors (Lipinski definition) is 0. The van der Waals surface area contributed by atoms with E-state index in [0.717, 1.165) is 39.1 Å². The Labute approximate surface area is 189 Å². The van der Waals surface area contributed by atoms with E-state index in [1.54, 1.807) is 10.9 Å². The molecule has 0 saturated carbocycles. The molecule has 0 fully saturated rings. The lowest BCUT2D eigenvalue weighted by molar-refractivity contribution is 0.941. The molecule has 0 atom stereocenters. The van der Waals surface area contributed by atoms with Gasteiger partial charge in [-0.05, 0) is 67.8 Å². The summed E-state index contributed by atoms with van der Waals surface area (Å²) >= 11 is 0. The van der Waals surface area contributed by atoms with Crippen LogP contribution in [0.1, 0.15) is 16.7 Å². The van der Waals surface area contributed by atoms with Crippen molar-refractivity contribution in [2.45, 2.75) is 20.8 Å². The molecule has 3 aromatic carbocycles. The number of hydrogen-bond acceptors (Lipinski definition) is 4. The zero-order valence-electron chi connectivity index (χ0n) is 18.6. The van der Waals surface area contributed by atoms with Crippen LogP contribution >= 0.6 is 0 Å². The molecule has 3 heterocycles. The monoisotopic (exact) mass is 431 g/mol. The Bertz CT molecular complexity index is 1780. The number of aromatic nitrogens is 5. The standard InChI is InChI=1S/C27H21N5O/c1-16-7-6-8-19(13-16)32-25-23(24-26(32)30-21-10-5-4-9-20(21)29-24)27(33)31(15-28-25)22-14-17(2)11-12-18(22)3/h4-15H,1-3H3. The molecular formula is C27H21N5O. The molecule has 0 N–H and O–H groups in total. The van der Waals surface area contributed by atoms with E-state index in [0.29, 0.717) is 22.2 Å². The second kappa shape index (κ2) is 7.10. The van der Waals surface area contributed by atoms with Gasteiger partial charge in [-0.15, -0.1) is 0 Å². The average molecular weight is 431 g/mol. The van der Waals surface area contributed by atoms with Gasteiger partial charge in [0.15, 0.2) is 11.3 Å². The van der Waals surface area contributed by atoms with Crippen LogP contribution in [0.15, 0.2) is 77.9 Å². The number of para-hydroxylation sites is 2. The van der Waals surface area contributed by atoms with Crippen molar-refractivity contribution < 1.29 is 0 Å². The second-order valence-electron chi connectivity index (χ2n) is 8.47. The van der Waals surface area contributed by atoms with Gasteiger partial charge in [-0.3, -0.25) is 13.9 Å². The molecule has 6 rings (SSSR count). The van der Waals surface area contributed by atoms with Gasteiger partial charge in [0.1, 0.15) is 17.2 Å². The van der Waals surface area contributed by atoms with Gasteiger partial charge in [-0.25, -0.2) is 15.0 Å². The third-order valence-electron chi connectivity index (χ3n) is 6.05. The molecule has 0 bridgehead atoms. The maximum absolute atomic E-state index is 13.9. The SMILES string of the molecule is Cc1cccc(-n2c3nc4ccccc4nc3c3c(=O)n(-c4cc(C)ccc4C)cnc32)c1. The van der Waals surface area contributed by atoms with Crippen molar-refractivity contribution >= 4 is 33.2 Å². The van der Waals surface area contributed by atoms with Gasteiger partial charge in [-0.2, -0.15) is 0 Å². The Kier molecular flexibility index (Phi) is 4.17. The first-order valence-electron chi connectivity index (χ1n) is 10.8. The van der Waals surface area contributed by atoms with Gasteiger partial charge >= 0.3 is 0 Å². The molecule has 6 nitrogen and oxygen atoms in total. The lowest BCUT2D eigenvalue weighted by atomic mass is 10.1. The third-order valence-corrected chi connectivity index (χ3v) is 6.05. The van der Waals surface area contributed by atoms with Gasteiger partial charge in [0.05, 0.1) is 16.7 Å². The summed E-state index contributed by atoms with van der Waals surface area (Å²) in [7, 11) is 0. The molecule has 33 heavy (non-hydrogen) atoms. The van der Waals surface area contributed by atoms with Crippen LogP contribution in [0, 0.1) is 20.8 Å². The second-order valence-corrected chi connectivity index (χ2v) is 8.47. The van der Waals surface area contributed by atoms with Crippen molar-refractivity contribution in [2.24, 2.45) is 0 Å². The first kappa shape index (κ1) is 19.4. The summed E-state index contributed by atoms with van der Waals surface area (Å²) in [4.78, 5) is 28.4. The zero-order chi connectivity index (χ0) is 22.7. The van der Waals surface area contributed by atoms with E-state index in [9.17, 15) is 4.79 Å². The predicted molar refractivity (Wildman–Crippen MR) is 131 cm³/mol. The summed E-state index contributed by atoms with van der Waals surface area (Å²) in [5.41, 5.74) is 8.01. The number of nitrogens with zero attached hydrogens (tertiary/aromatic N) is 5. The van der Waals surface area contributed by atoms with Crippen molar-refractivity contribution in [1.82, 2.24) is 24.1 Å². The summed E-state index contributed by atoms with van der Waals surface area (Å²) in [5.74, 6) is 0. The van der Waals surface area contributed by atoms with Crippen LogP contribution in [0.2, 0.25) is 0 Å². The molecular weight excluding hydrogens is 410 g/mol. The molecule has 0 aliphatic rings. The van der Waals surface area contributed by atoms with Gasteiger partial charge < -0.3 is 0 Å². The van der Waals surface area contributed by atoms with Crippen molar-refractivity contribution in [1.29, 1.82) is 0 Å². The minimum atomic E-state index is -0.158. The van der Waals surface area contributed by atoms with Crippen molar-refractivity contribution in [3.05, 3.63) is 100 Å². The summed E-state index contributed by atoms with van der Waals surface area (Å²) in [5, 5.41) is 0.466. The van der Waals surface area contributed by atoms with Crippen LogP contribution in [0.3, 0.4) is 0 Å². The van der Waals surface area contributed by atoms with Crippen LogP contribution in [0.25, 0.3) is 44.6 Å². The lowest BCUT2D eigenvalue weighted by Crippen LogP contribution is -2.20. The summed E-state index contributed by atoms with van der Waals surface area (Å²) < 4.78 is 3.55. The summed E-state index contributed by atoms with van der Waals surface area (Å²) in [6.07, 6.45) is 1.61. The Balaban J connectivity index is 1.80. The van der Waals surface area contributed by atoms with Gasteiger partial charge in [0.25, 0.3) is 5.56 Å². The van der Waals surface area contributed by atoms with E-state index in [4.69, 9.17) is 15.0 Å². The molecule has 0 spiro atoms. The highest BCUT2D eigenvalue weighted by atomic mass is 16.1. The summed E-state index contributed by atoms with van der Waals surface area (Å²) in [6, 6.07) is 21.9. The molecule has 0 saturated heterocycles. The zero-order valence-corrected chi connectivity index (χ0v) is 18.6. The highest BCUT2D eigenvalue weighted by Crippen LogP contribution is 2.29. The maximum Gasteiger partial charge on any atom is 0.269 e. The van der Waals surface area contributed by atoms with E-state index >= 15 is 0 Å². The molecule has 0 unspecified atom stereocenters. The van der Waals surface area contributed by atoms with E-state index < -0.39 is 0 Å². The molecule has 0 amide bonds. The lowest BCUT2D eigenvalue weighted by Gasteiger charge is -2.11. The van der Waals surface area contributed by atoms with Gasteiger partial charge in [0.2, 0.25) is 0 Å². The highest BCUT2D eigenvalue weighted by Gasteiger charge is 2.21. The predicted octanol–water partition coefficient (Wildman–Crippen LogP) is 5.20. The van der Waals surface area contributed by atoms with Gasteiger partial charge in [0, 0.05) is 5.69 Å². The minimum Gasteiger partial charge on any atom is -0.276 e. The largest absolute Gasteiger partial charge is 0.276 e. The van der Waals surface area contributed by atoms with Gasteiger partial charge in [-0.1, -0.05) is 36.4 Å². The van der Waals surface area contributed by atoms with Crippen LogP contribution in [-0.4, -0.2) is 24.1 Å². The minimum absolute atomic E-state index is 0.158. The third kappa shape index (κ3) is 2.95. The fourth-order valence-corrected chi connectivity index (χ4v) is 4.40. The number of benzene rings is 3. The summed E-state index contributed by atoms with van der Waals surface area (Å²) in [6.45, 7) is 6.05. The maximum atomic E-state index is 13.9. The van der Waals surface area contributed by atoms with Crippen LogP contribution in [0.4, 0.5) is 0 Å². The fourth-order valence-electron chi connectivity index (χ4n) is 4.40. The quantitative estimate of drug-likeness (QED) is 0.378. The molecule has 6 aromatic rings. The van der Waals surface area contributed by atoms with E-state index in [2.05, 4.69) is 6.07 Å². The molecule has 0 radical (unpaired) electrons. The Morgan fingerprint density at radius 3 is 2.30 bits per heavy atom. The average Bonchev–Trinajstić information content (AvgIpc) is 3.13. The van der Waals surface area contributed by atoms with Crippen molar-refractivity contribution in [3.63, 3.8) is 0 Å². The molecule has 160 valence electrons. The first-order valence-corrected chi connectivity index (χ1v) is 10.8. The number of fused-ring (bicyclic) bond motifs is 4. The van der Waals surface area contributed by atoms with E-state index in [1.165, 1.54) is 0 Å². The van der Waals surface area contributed by atoms with Crippen LogP contribution in [0.5, 0.6) is 0 Å². The topological polar surface area (TPSA) is 65.6 Å². The number of aryl methyl sites for hydroxylation is 3. The number of rotatable bonds is 2. The van der Waals surface area contributed by atoms with Crippen molar-refractivity contribution in [2.75, 3.05) is 0 Å². The van der Waals surface area contributed by atoms with Crippen molar-refractivity contribution in [3.8, 4) is 11.4 Å². The first-order chi connectivity index (χ1) is 16.0. The Hall–Kier alpha value is -4.32. The molecule has 6 heteroatoms. The van der Waals surface area contributed by atoms with Crippen LogP contribution in [-0.2, 0) is 0 Å². The fraction of sp³-hybridized carbons (Fsp3) is 0.111. The Morgan fingerprint density at radius 1 is 0.758 bits per heavy atom. The highest BCUT2D eigenvalue weighted by molar-refractivity contribution is 6.05. The molecule has 0 aliphatic carbocycles. The van der Waals surface area contributed by atoms with E-state index in [1.807, 2.05) is 86.0 Å². The normalized spacial score (nSPS) is 11.6. The molecule has 0 aliphatic heterocycles. The molecule has 3 aromatic heterocycles. The Morgan fingerprint density at radius 2 is 1.52 bits per heavy atom. The van der Waals surface area contributed by atoms with Crippen LogP contribution < -0.4 is 5.56 Å². The smallest absolute Gasteiger partial charge is 0.269 e. The van der Waals surface area contributed by atoms with E-state index in [-0.39, 0.29) is 5.56 Å².